The van der Waals surface area contributed by atoms with E-state index in [2.05, 4.69) is 0 Å². The molecule has 0 saturated carbocycles. The molecule has 0 unspecified atom stereocenters. The first-order chi connectivity index (χ1) is 12.0. The number of nitrogens with two attached hydrogens (primary N) is 1. The zero-order valence-corrected chi connectivity index (χ0v) is 11.0. The fourth-order valence-electron chi connectivity index (χ4n) is 1.18. The summed E-state index contributed by atoms with van der Waals surface area (Å²) in [5.74, 6) is -5.60. The molecule has 1 atom stereocenters. The van der Waals surface area contributed by atoms with Gasteiger partial charge in [-0.05, 0) is 32.7 Å². The van der Waals surface area contributed by atoms with Crippen LogP contribution < -0.4 is 5.73 Å². The zero-order chi connectivity index (χ0) is 21.5. The molecule has 0 spiro atoms. The molecule has 0 bridgehead atoms. The number of primary amides is 1. The first-order valence-corrected chi connectivity index (χ1v) is 5.56. The summed E-state index contributed by atoms with van der Waals surface area (Å²) in [6, 6.07) is -4.27. The standard InChI is InChI=1S/C15H21NO3/c1-15(2,3)19-13(17)10-12(14(16)18)9-11-7-5-4-6-8-11/h4-8,12H,9-10H2,1-3H3,(H2,16,18)/t12-/m1/s1/i4D,5D,6D,7D,8D,9D2,12D. The molecule has 0 fully saturated rings. The lowest BCUT2D eigenvalue weighted by Gasteiger charge is -2.21. The van der Waals surface area contributed by atoms with E-state index in [9.17, 15) is 9.59 Å². The van der Waals surface area contributed by atoms with Crippen molar-refractivity contribution in [2.75, 3.05) is 0 Å². The second kappa shape index (κ2) is 6.36. The Morgan fingerprint density at radius 3 is 2.47 bits per heavy atom. The SMILES string of the molecule is [2H]c1c([2H])c([2H])c(C([2H])([2H])[C@]([2H])(CC(=O)OC(C)(C)C)C(N)=O)c([2H])c1[2H]. The molecule has 0 radical (unpaired) electrons. The number of carbonyl (C=O) groups excluding carboxylic acids is 2. The highest BCUT2D eigenvalue weighted by Gasteiger charge is 2.24. The molecule has 1 amide bonds. The molecule has 1 aromatic rings. The largest absolute Gasteiger partial charge is 0.460 e. The van der Waals surface area contributed by atoms with E-state index in [1.807, 2.05) is 0 Å². The molecule has 104 valence electrons. The van der Waals surface area contributed by atoms with Gasteiger partial charge in [-0.15, -0.1) is 0 Å². The fourth-order valence-corrected chi connectivity index (χ4v) is 1.18. The van der Waals surface area contributed by atoms with Crippen molar-refractivity contribution in [1.82, 2.24) is 0 Å². The summed E-state index contributed by atoms with van der Waals surface area (Å²) in [5, 5.41) is 0. The van der Waals surface area contributed by atoms with Crippen LogP contribution >= 0.6 is 0 Å². The van der Waals surface area contributed by atoms with Crippen molar-refractivity contribution in [2.24, 2.45) is 11.6 Å². The fraction of sp³-hybridized carbons (Fsp3) is 0.467. The Balaban J connectivity index is 3.62. The van der Waals surface area contributed by atoms with E-state index in [-0.39, 0.29) is 0 Å². The van der Waals surface area contributed by atoms with Crippen molar-refractivity contribution < 1.29 is 25.3 Å². The van der Waals surface area contributed by atoms with Gasteiger partial charge in [-0.1, -0.05) is 30.2 Å². The molecular formula is C15H21NO3. The summed E-state index contributed by atoms with van der Waals surface area (Å²) in [6.07, 6.45) is -4.28. The minimum atomic E-state index is -3.18. The average molecular weight is 271 g/mol. The van der Waals surface area contributed by atoms with Gasteiger partial charge >= 0.3 is 5.97 Å². The van der Waals surface area contributed by atoms with E-state index >= 15 is 0 Å². The number of ether oxygens (including phenoxy) is 1. The van der Waals surface area contributed by atoms with Gasteiger partial charge in [0.15, 0.2) is 0 Å². The Morgan fingerprint density at radius 2 is 2.00 bits per heavy atom. The molecule has 1 rings (SSSR count). The molecule has 0 aliphatic heterocycles. The quantitative estimate of drug-likeness (QED) is 0.833. The van der Waals surface area contributed by atoms with E-state index in [1.54, 1.807) is 0 Å². The molecule has 1 aromatic carbocycles. The van der Waals surface area contributed by atoms with Crippen LogP contribution in [0.15, 0.2) is 30.2 Å². The molecule has 4 heteroatoms. The average Bonchev–Trinajstić information content (AvgIpc) is 2.48. The summed E-state index contributed by atoms with van der Waals surface area (Å²) in [5.41, 5.74) is 3.29. The maximum atomic E-state index is 12.1. The van der Waals surface area contributed by atoms with Gasteiger partial charge in [0, 0.05) is 4.11 Å². The van der Waals surface area contributed by atoms with Crippen molar-refractivity contribution in [2.45, 2.75) is 39.2 Å². The van der Waals surface area contributed by atoms with Crippen LogP contribution in [0.4, 0.5) is 0 Å². The van der Waals surface area contributed by atoms with Gasteiger partial charge in [0.25, 0.3) is 0 Å². The van der Waals surface area contributed by atoms with E-state index in [0.29, 0.717) is 0 Å². The normalized spacial score (nSPS) is 21.2. The maximum absolute atomic E-state index is 12.1. The highest BCUT2D eigenvalue weighted by Crippen LogP contribution is 2.16. The number of rotatable bonds is 5. The van der Waals surface area contributed by atoms with Crippen molar-refractivity contribution in [3.8, 4) is 0 Å². The van der Waals surface area contributed by atoms with Crippen LogP contribution in [0.2, 0.25) is 0 Å². The topological polar surface area (TPSA) is 69.4 Å². The molecule has 0 aromatic heterocycles. The maximum Gasteiger partial charge on any atom is 0.307 e. The zero-order valence-electron chi connectivity index (χ0n) is 19.0. The second-order valence-electron chi connectivity index (χ2n) is 4.73. The third-order valence-electron chi connectivity index (χ3n) is 1.81. The monoisotopic (exact) mass is 271 g/mol. The summed E-state index contributed by atoms with van der Waals surface area (Å²) < 4.78 is 68.3. The Kier molecular flexibility index (Phi) is 2.37. The number of amides is 1. The van der Waals surface area contributed by atoms with Crippen LogP contribution in [-0.2, 0) is 20.7 Å². The Bertz CT molecular complexity index is 761. The number of carbonyl (C=O) groups is 2. The van der Waals surface area contributed by atoms with Gasteiger partial charge in [-0.25, -0.2) is 0 Å². The minimum absolute atomic E-state index is 0.758. The Labute approximate surface area is 125 Å². The van der Waals surface area contributed by atoms with Crippen LogP contribution in [0.3, 0.4) is 0 Å². The second-order valence-corrected chi connectivity index (χ2v) is 4.73. The molecule has 19 heavy (non-hydrogen) atoms. The third-order valence-corrected chi connectivity index (χ3v) is 1.81. The minimum Gasteiger partial charge on any atom is -0.460 e. The van der Waals surface area contributed by atoms with Gasteiger partial charge < -0.3 is 10.5 Å². The van der Waals surface area contributed by atoms with Crippen LogP contribution in [0, 0.1) is 5.89 Å². The van der Waals surface area contributed by atoms with E-state index in [4.69, 9.17) is 21.4 Å². The molecule has 2 N–H and O–H groups in total. The summed E-state index contributed by atoms with van der Waals surface area (Å²) in [4.78, 5) is 24.0. The molecule has 0 aliphatic rings. The first kappa shape index (κ1) is 7.08. The van der Waals surface area contributed by atoms with Crippen molar-refractivity contribution in [1.29, 1.82) is 0 Å². The Hall–Kier alpha value is -1.84. The van der Waals surface area contributed by atoms with Gasteiger partial charge in [0.2, 0.25) is 5.91 Å². The number of benzene rings is 1. The van der Waals surface area contributed by atoms with Crippen molar-refractivity contribution in [3.63, 3.8) is 0 Å². The van der Waals surface area contributed by atoms with Crippen LogP contribution in [0.1, 0.15) is 43.7 Å². The lowest BCUT2D eigenvalue weighted by molar-refractivity contribution is -0.157. The van der Waals surface area contributed by atoms with E-state index in [0.717, 1.165) is 0 Å². The molecule has 4 nitrogen and oxygen atoms in total. The van der Waals surface area contributed by atoms with Gasteiger partial charge in [0.1, 0.15) is 5.60 Å². The van der Waals surface area contributed by atoms with Crippen molar-refractivity contribution in [3.05, 3.63) is 35.8 Å². The number of esters is 1. The Morgan fingerprint density at radius 1 is 1.42 bits per heavy atom. The highest BCUT2D eigenvalue weighted by molar-refractivity contribution is 5.82. The van der Waals surface area contributed by atoms with E-state index in [1.165, 1.54) is 20.8 Å². The summed E-state index contributed by atoms with van der Waals surface area (Å²) >= 11 is 0. The molecule has 0 heterocycles. The molecule has 0 aliphatic carbocycles. The number of hydrogen-bond acceptors (Lipinski definition) is 3. The summed E-state index contributed by atoms with van der Waals surface area (Å²) in [6.45, 7) is 4.60. The van der Waals surface area contributed by atoms with Crippen LogP contribution in [-0.4, -0.2) is 17.5 Å². The van der Waals surface area contributed by atoms with Crippen LogP contribution in [0.25, 0.3) is 0 Å². The van der Waals surface area contributed by atoms with Gasteiger partial charge in [-0.2, -0.15) is 0 Å². The lowest BCUT2D eigenvalue weighted by atomic mass is 9.95. The smallest absolute Gasteiger partial charge is 0.307 e. The number of hydrogen-bond donors (Lipinski definition) is 1. The predicted molar refractivity (Wildman–Crippen MR) is 73.3 cm³/mol. The van der Waals surface area contributed by atoms with Crippen LogP contribution in [0.5, 0.6) is 0 Å². The first-order valence-electron chi connectivity index (χ1n) is 9.56. The highest BCUT2D eigenvalue weighted by atomic mass is 16.6. The molecule has 0 saturated heterocycles. The van der Waals surface area contributed by atoms with Gasteiger partial charge in [-0.3, -0.25) is 9.59 Å². The molecular weight excluding hydrogens is 242 g/mol. The van der Waals surface area contributed by atoms with E-state index < -0.39 is 71.9 Å². The van der Waals surface area contributed by atoms with Crippen molar-refractivity contribution >= 4 is 11.9 Å². The third kappa shape index (κ3) is 6.04. The lowest BCUT2D eigenvalue weighted by Crippen LogP contribution is -2.31. The summed E-state index contributed by atoms with van der Waals surface area (Å²) in [7, 11) is 0. The predicted octanol–water partition coefficient (Wildman–Crippen LogP) is 2.06. The van der Waals surface area contributed by atoms with Gasteiger partial charge in [0.05, 0.1) is 19.2 Å².